The summed E-state index contributed by atoms with van der Waals surface area (Å²) in [4.78, 5) is 14.3. The van der Waals surface area contributed by atoms with Gasteiger partial charge in [0.2, 0.25) is 15.8 Å². The van der Waals surface area contributed by atoms with Gasteiger partial charge in [0.05, 0.1) is 26.2 Å². The molecule has 1 amide bonds. The van der Waals surface area contributed by atoms with Crippen LogP contribution in [0.1, 0.15) is 37.7 Å². The summed E-state index contributed by atoms with van der Waals surface area (Å²) in [5, 5.41) is 0. The first-order chi connectivity index (χ1) is 16.8. The Morgan fingerprint density at radius 2 is 1.57 bits per heavy atom. The molecule has 0 spiro atoms. The molecule has 0 radical (unpaired) electrons. The Kier molecular flexibility index (Phi) is 9.22. The average Bonchev–Trinajstić information content (AvgIpc) is 2.87. The minimum Gasteiger partial charge on any atom is -0.493 e. The van der Waals surface area contributed by atoms with Crippen molar-refractivity contribution in [1.29, 1.82) is 0 Å². The van der Waals surface area contributed by atoms with Gasteiger partial charge in [-0.05, 0) is 54.8 Å². The molecule has 35 heavy (non-hydrogen) atoms. The minimum atomic E-state index is -3.58. The number of benzene rings is 2. The van der Waals surface area contributed by atoms with Gasteiger partial charge in [0.25, 0.3) is 5.91 Å². The topological polar surface area (TPSA) is 103 Å². The molecule has 0 bridgehead atoms. The third kappa shape index (κ3) is 7.02. The van der Waals surface area contributed by atoms with Crippen LogP contribution in [0.2, 0.25) is 0 Å². The van der Waals surface area contributed by atoms with Crippen molar-refractivity contribution in [3.8, 4) is 23.0 Å². The number of likely N-dealkylation sites (N-methyl/N-ethyl adjacent to an activating group) is 1. The summed E-state index contributed by atoms with van der Waals surface area (Å²) in [6, 6.07) is 9.65. The highest BCUT2D eigenvalue weighted by atomic mass is 32.2. The molecular formula is C25H34N2O7S. The first kappa shape index (κ1) is 26.6. The maximum atomic E-state index is 12.6. The Hall–Kier alpha value is -2.98. The van der Waals surface area contributed by atoms with E-state index < -0.39 is 10.0 Å². The Balaban J connectivity index is 1.56. The van der Waals surface area contributed by atoms with E-state index in [9.17, 15) is 13.2 Å². The molecule has 0 aromatic heterocycles. The highest BCUT2D eigenvalue weighted by molar-refractivity contribution is 7.89. The number of nitrogens with zero attached hydrogens (tertiary/aromatic N) is 1. The Morgan fingerprint density at radius 1 is 0.971 bits per heavy atom. The largest absolute Gasteiger partial charge is 0.493 e. The molecule has 1 N–H and O–H groups in total. The lowest BCUT2D eigenvalue weighted by molar-refractivity contribution is -0.132. The maximum Gasteiger partial charge on any atom is 0.260 e. The molecule has 9 nitrogen and oxygen atoms in total. The molecule has 1 fully saturated rings. The molecule has 1 aliphatic carbocycles. The zero-order chi connectivity index (χ0) is 25.4. The van der Waals surface area contributed by atoms with E-state index in [1.165, 1.54) is 38.4 Å². The number of nitrogens with one attached hydrogen (secondary N) is 1. The fraction of sp³-hybridized carbons (Fsp3) is 0.480. The molecule has 1 aliphatic rings. The van der Waals surface area contributed by atoms with Crippen LogP contribution in [0.25, 0.3) is 0 Å². The van der Waals surface area contributed by atoms with Crippen molar-refractivity contribution in [2.24, 2.45) is 0 Å². The molecule has 2 aromatic carbocycles. The molecule has 0 aliphatic heterocycles. The Bertz CT molecular complexity index is 1070. The van der Waals surface area contributed by atoms with E-state index in [1.54, 1.807) is 31.3 Å². The monoisotopic (exact) mass is 506 g/mol. The van der Waals surface area contributed by atoms with E-state index in [0.29, 0.717) is 29.5 Å². The second kappa shape index (κ2) is 12.1. The molecule has 3 rings (SSSR count). The van der Waals surface area contributed by atoms with Crippen LogP contribution in [0.3, 0.4) is 0 Å². The number of carbonyl (C=O) groups is 1. The van der Waals surface area contributed by atoms with Crippen LogP contribution in [-0.4, -0.2) is 60.3 Å². The van der Waals surface area contributed by atoms with E-state index in [2.05, 4.69) is 4.72 Å². The van der Waals surface area contributed by atoms with Gasteiger partial charge >= 0.3 is 0 Å². The lowest BCUT2D eigenvalue weighted by atomic mass is 9.96. The fourth-order valence-corrected chi connectivity index (χ4v) is 5.37. The number of hydrogen-bond donors (Lipinski definition) is 1. The summed E-state index contributed by atoms with van der Waals surface area (Å²) < 4.78 is 49.7. The van der Waals surface area contributed by atoms with Gasteiger partial charge in [-0.3, -0.25) is 4.79 Å². The van der Waals surface area contributed by atoms with Crippen molar-refractivity contribution in [2.75, 3.05) is 35.0 Å². The molecule has 0 atom stereocenters. The predicted molar refractivity (Wildman–Crippen MR) is 132 cm³/mol. The first-order valence-corrected chi connectivity index (χ1v) is 13.0. The molecule has 1 saturated carbocycles. The first-order valence-electron chi connectivity index (χ1n) is 11.6. The summed E-state index contributed by atoms with van der Waals surface area (Å²) in [6.45, 7) is 0.121. The molecule has 0 unspecified atom stereocenters. The standard InChI is InChI=1S/C25H34N2O7S/c1-27(16-18-14-22(31-2)25(33-4)23(15-18)32-3)24(28)17-34-20-10-12-21(13-11-20)35(29,30)26-19-8-6-5-7-9-19/h10-15,19,26H,5-9,16-17H2,1-4H3. The lowest BCUT2D eigenvalue weighted by Gasteiger charge is -2.22. The predicted octanol–water partition coefficient (Wildman–Crippen LogP) is 3.36. The van der Waals surface area contributed by atoms with Crippen LogP contribution in [0.15, 0.2) is 41.3 Å². The number of carbonyl (C=O) groups excluding carboxylic acids is 1. The van der Waals surface area contributed by atoms with Crippen molar-refractivity contribution in [2.45, 2.75) is 49.6 Å². The van der Waals surface area contributed by atoms with Gasteiger partial charge < -0.3 is 23.8 Å². The second-order valence-corrected chi connectivity index (χ2v) is 10.2. The van der Waals surface area contributed by atoms with E-state index in [-0.39, 0.29) is 23.5 Å². The highest BCUT2D eigenvalue weighted by Gasteiger charge is 2.22. The normalized spacial score (nSPS) is 14.3. The summed E-state index contributed by atoms with van der Waals surface area (Å²) in [5.41, 5.74) is 0.801. The SMILES string of the molecule is COc1cc(CN(C)C(=O)COc2ccc(S(=O)(=O)NC3CCCCC3)cc2)cc(OC)c1OC. The number of ether oxygens (including phenoxy) is 4. The summed E-state index contributed by atoms with van der Waals surface area (Å²) in [7, 11) is 2.68. The van der Waals surface area contributed by atoms with Gasteiger partial charge in [0.1, 0.15) is 5.75 Å². The minimum absolute atomic E-state index is 0.0107. The Labute approximate surface area is 207 Å². The molecule has 0 saturated heterocycles. The number of methoxy groups -OCH3 is 3. The van der Waals surface area contributed by atoms with Gasteiger partial charge in [0.15, 0.2) is 18.1 Å². The molecule has 192 valence electrons. The molecule has 10 heteroatoms. The zero-order valence-electron chi connectivity index (χ0n) is 20.7. The van der Waals surface area contributed by atoms with Crippen molar-refractivity contribution in [3.63, 3.8) is 0 Å². The number of amides is 1. The fourth-order valence-electron chi connectivity index (χ4n) is 4.07. The third-order valence-electron chi connectivity index (χ3n) is 5.99. The van der Waals surface area contributed by atoms with Crippen LogP contribution >= 0.6 is 0 Å². The van der Waals surface area contributed by atoms with Crippen molar-refractivity contribution < 1.29 is 32.2 Å². The lowest BCUT2D eigenvalue weighted by Crippen LogP contribution is -2.36. The van der Waals surface area contributed by atoms with Crippen LogP contribution in [0, 0.1) is 0 Å². The maximum absolute atomic E-state index is 12.6. The number of sulfonamides is 1. The zero-order valence-corrected chi connectivity index (χ0v) is 21.5. The van der Waals surface area contributed by atoms with Gasteiger partial charge in [-0.25, -0.2) is 13.1 Å². The quantitative estimate of drug-likeness (QED) is 0.498. The second-order valence-electron chi connectivity index (χ2n) is 8.50. The summed E-state index contributed by atoms with van der Waals surface area (Å²) in [6.07, 6.45) is 4.98. The van der Waals surface area contributed by atoms with Gasteiger partial charge in [0, 0.05) is 19.6 Å². The van der Waals surface area contributed by atoms with Crippen molar-refractivity contribution in [3.05, 3.63) is 42.0 Å². The van der Waals surface area contributed by atoms with E-state index in [0.717, 1.165) is 37.7 Å². The van der Waals surface area contributed by atoms with Crippen molar-refractivity contribution >= 4 is 15.9 Å². The smallest absolute Gasteiger partial charge is 0.260 e. The average molecular weight is 507 g/mol. The third-order valence-corrected chi connectivity index (χ3v) is 7.53. The number of hydrogen-bond acceptors (Lipinski definition) is 7. The summed E-state index contributed by atoms with van der Waals surface area (Å²) >= 11 is 0. The van der Waals surface area contributed by atoms with Crippen LogP contribution in [-0.2, 0) is 21.4 Å². The van der Waals surface area contributed by atoms with Gasteiger partial charge in [-0.15, -0.1) is 0 Å². The van der Waals surface area contributed by atoms with Crippen LogP contribution in [0.5, 0.6) is 23.0 Å². The Morgan fingerprint density at radius 3 is 2.11 bits per heavy atom. The molecule has 2 aromatic rings. The number of rotatable bonds is 11. The molecule has 0 heterocycles. The van der Waals surface area contributed by atoms with E-state index in [4.69, 9.17) is 18.9 Å². The summed E-state index contributed by atoms with van der Waals surface area (Å²) in [5.74, 6) is 1.67. The van der Waals surface area contributed by atoms with Crippen molar-refractivity contribution in [1.82, 2.24) is 9.62 Å². The van der Waals surface area contributed by atoms with E-state index >= 15 is 0 Å². The van der Waals surface area contributed by atoms with Gasteiger partial charge in [-0.2, -0.15) is 0 Å². The molecular weight excluding hydrogens is 472 g/mol. The van der Waals surface area contributed by atoms with Crippen LogP contribution in [0.4, 0.5) is 0 Å². The van der Waals surface area contributed by atoms with Crippen LogP contribution < -0.4 is 23.7 Å². The highest BCUT2D eigenvalue weighted by Crippen LogP contribution is 2.38. The van der Waals surface area contributed by atoms with E-state index in [1.807, 2.05) is 0 Å². The van der Waals surface area contributed by atoms with Gasteiger partial charge in [-0.1, -0.05) is 19.3 Å².